The number of hydrogen-bond acceptors (Lipinski definition) is 6. The first kappa shape index (κ1) is 21.3. The van der Waals surface area contributed by atoms with Gasteiger partial charge in [0.25, 0.3) is 0 Å². The molecule has 0 aliphatic carbocycles. The van der Waals surface area contributed by atoms with Gasteiger partial charge in [-0.25, -0.2) is 8.42 Å². The number of ether oxygens (including phenoxy) is 1. The molecular formula is C23H26N4O3S. The minimum atomic E-state index is -3.50. The lowest BCUT2D eigenvalue weighted by Crippen LogP contribution is -2.49. The van der Waals surface area contributed by atoms with Crippen molar-refractivity contribution in [1.29, 1.82) is 0 Å². The third kappa shape index (κ3) is 4.40. The average molecular weight is 439 g/mol. The Bertz CT molecular complexity index is 1150. The summed E-state index contributed by atoms with van der Waals surface area (Å²) in [6, 6.07) is 17.0. The number of methoxy groups -OCH3 is 1. The van der Waals surface area contributed by atoms with Crippen LogP contribution in [0.2, 0.25) is 0 Å². The number of nitrogens with zero attached hydrogens (tertiary/aromatic N) is 4. The summed E-state index contributed by atoms with van der Waals surface area (Å²) in [5.41, 5.74) is 3.58. The largest absolute Gasteiger partial charge is 0.497 e. The van der Waals surface area contributed by atoms with Crippen LogP contribution in [-0.4, -0.2) is 56.2 Å². The number of aryl methyl sites for hydroxylation is 2. The Balaban J connectivity index is 1.43. The SMILES string of the molecule is COc1ccc(-c2ccc(N3CCN(S(=O)(=O)c4ccc(C)cc4C)CC3)nn2)cc1. The number of piperazine rings is 1. The summed E-state index contributed by atoms with van der Waals surface area (Å²) in [7, 11) is -1.87. The highest BCUT2D eigenvalue weighted by molar-refractivity contribution is 7.89. The zero-order valence-corrected chi connectivity index (χ0v) is 18.8. The molecule has 1 aliphatic rings. The molecule has 0 saturated carbocycles. The second kappa shape index (κ2) is 8.64. The summed E-state index contributed by atoms with van der Waals surface area (Å²) in [6.07, 6.45) is 0. The number of sulfonamides is 1. The van der Waals surface area contributed by atoms with Gasteiger partial charge in [-0.1, -0.05) is 17.7 Å². The summed E-state index contributed by atoms with van der Waals surface area (Å²) in [5, 5.41) is 8.72. The highest BCUT2D eigenvalue weighted by Gasteiger charge is 2.30. The second-order valence-electron chi connectivity index (χ2n) is 7.67. The fraction of sp³-hybridized carbons (Fsp3) is 0.304. The van der Waals surface area contributed by atoms with E-state index in [0.29, 0.717) is 31.1 Å². The van der Waals surface area contributed by atoms with Crippen molar-refractivity contribution in [2.24, 2.45) is 0 Å². The molecule has 162 valence electrons. The van der Waals surface area contributed by atoms with Crippen LogP contribution < -0.4 is 9.64 Å². The first-order valence-electron chi connectivity index (χ1n) is 10.2. The minimum absolute atomic E-state index is 0.384. The van der Waals surface area contributed by atoms with Gasteiger partial charge in [0.15, 0.2) is 5.82 Å². The lowest BCUT2D eigenvalue weighted by Gasteiger charge is -2.34. The molecule has 3 aromatic rings. The van der Waals surface area contributed by atoms with Gasteiger partial charge in [0.2, 0.25) is 10.0 Å². The molecule has 0 atom stereocenters. The predicted octanol–water partition coefficient (Wildman–Crippen LogP) is 3.28. The van der Waals surface area contributed by atoms with Gasteiger partial charge in [-0.05, 0) is 61.9 Å². The van der Waals surface area contributed by atoms with E-state index in [1.54, 1.807) is 17.5 Å². The molecule has 1 saturated heterocycles. The third-order valence-corrected chi connectivity index (χ3v) is 7.61. The van der Waals surface area contributed by atoms with Crippen molar-refractivity contribution in [2.75, 3.05) is 38.2 Å². The van der Waals surface area contributed by atoms with Gasteiger partial charge in [0.1, 0.15) is 5.75 Å². The fourth-order valence-corrected chi connectivity index (χ4v) is 5.42. The van der Waals surface area contributed by atoms with Gasteiger partial charge in [0, 0.05) is 31.7 Å². The van der Waals surface area contributed by atoms with E-state index in [1.807, 2.05) is 62.4 Å². The lowest BCUT2D eigenvalue weighted by atomic mass is 10.1. The summed E-state index contributed by atoms with van der Waals surface area (Å²) in [5.74, 6) is 1.54. The minimum Gasteiger partial charge on any atom is -0.497 e. The van der Waals surface area contributed by atoms with Crippen LogP contribution in [0.3, 0.4) is 0 Å². The van der Waals surface area contributed by atoms with Gasteiger partial charge in [-0.3, -0.25) is 0 Å². The van der Waals surface area contributed by atoms with Crippen molar-refractivity contribution in [2.45, 2.75) is 18.7 Å². The van der Waals surface area contributed by atoms with E-state index in [0.717, 1.165) is 34.0 Å². The molecule has 31 heavy (non-hydrogen) atoms. The zero-order chi connectivity index (χ0) is 22.0. The van der Waals surface area contributed by atoms with Gasteiger partial charge < -0.3 is 9.64 Å². The Morgan fingerprint density at radius 3 is 2.16 bits per heavy atom. The maximum atomic E-state index is 13.1. The third-order valence-electron chi connectivity index (χ3n) is 5.55. The summed E-state index contributed by atoms with van der Waals surface area (Å²) in [4.78, 5) is 2.45. The van der Waals surface area contributed by atoms with Crippen molar-refractivity contribution in [3.8, 4) is 17.0 Å². The van der Waals surface area contributed by atoms with Crippen LogP contribution in [0.25, 0.3) is 11.3 Å². The molecule has 0 spiro atoms. The monoisotopic (exact) mass is 438 g/mol. The highest BCUT2D eigenvalue weighted by Crippen LogP contribution is 2.25. The number of anilines is 1. The molecule has 4 rings (SSSR count). The lowest BCUT2D eigenvalue weighted by molar-refractivity contribution is 0.383. The molecule has 0 amide bonds. The van der Waals surface area contributed by atoms with E-state index in [-0.39, 0.29) is 0 Å². The van der Waals surface area contributed by atoms with E-state index < -0.39 is 10.0 Å². The Morgan fingerprint density at radius 1 is 0.871 bits per heavy atom. The highest BCUT2D eigenvalue weighted by atomic mass is 32.2. The van der Waals surface area contributed by atoms with E-state index in [2.05, 4.69) is 15.1 Å². The van der Waals surface area contributed by atoms with Crippen molar-refractivity contribution in [3.05, 3.63) is 65.7 Å². The topological polar surface area (TPSA) is 75.6 Å². The average Bonchev–Trinajstić information content (AvgIpc) is 2.79. The van der Waals surface area contributed by atoms with Crippen LogP contribution >= 0.6 is 0 Å². The summed E-state index contributed by atoms with van der Waals surface area (Å²) >= 11 is 0. The van der Waals surface area contributed by atoms with E-state index in [9.17, 15) is 8.42 Å². The first-order chi connectivity index (χ1) is 14.9. The molecule has 0 radical (unpaired) electrons. The van der Waals surface area contributed by atoms with Crippen molar-refractivity contribution < 1.29 is 13.2 Å². The number of rotatable bonds is 5. The van der Waals surface area contributed by atoms with E-state index in [1.165, 1.54) is 0 Å². The van der Waals surface area contributed by atoms with Crippen molar-refractivity contribution in [1.82, 2.24) is 14.5 Å². The van der Waals surface area contributed by atoms with E-state index >= 15 is 0 Å². The van der Waals surface area contributed by atoms with Crippen LogP contribution in [-0.2, 0) is 10.0 Å². The second-order valence-corrected chi connectivity index (χ2v) is 9.57. The zero-order valence-electron chi connectivity index (χ0n) is 17.9. The molecule has 0 unspecified atom stereocenters. The number of aromatic nitrogens is 2. The van der Waals surface area contributed by atoms with Crippen LogP contribution in [0, 0.1) is 13.8 Å². The molecule has 8 heteroatoms. The molecule has 0 N–H and O–H groups in total. The fourth-order valence-electron chi connectivity index (χ4n) is 3.80. The maximum Gasteiger partial charge on any atom is 0.243 e. The number of hydrogen-bond donors (Lipinski definition) is 0. The van der Waals surface area contributed by atoms with Crippen LogP contribution in [0.1, 0.15) is 11.1 Å². The Kier molecular flexibility index (Phi) is 5.93. The Labute approximate surface area is 183 Å². The van der Waals surface area contributed by atoms with Gasteiger partial charge in [0.05, 0.1) is 17.7 Å². The number of benzene rings is 2. The molecule has 0 bridgehead atoms. The van der Waals surface area contributed by atoms with E-state index in [4.69, 9.17) is 4.74 Å². The Morgan fingerprint density at radius 2 is 1.58 bits per heavy atom. The normalized spacial score (nSPS) is 15.1. The summed E-state index contributed by atoms with van der Waals surface area (Å²) < 4.78 is 32.9. The van der Waals surface area contributed by atoms with Crippen LogP contribution in [0.4, 0.5) is 5.82 Å². The summed E-state index contributed by atoms with van der Waals surface area (Å²) in [6.45, 7) is 5.77. The van der Waals surface area contributed by atoms with Gasteiger partial charge >= 0.3 is 0 Å². The van der Waals surface area contributed by atoms with Gasteiger partial charge in [-0.15, -0.1) is 10.2 Å². The smallest absolute Gasteiger partial charge is 0.243 e. The molecule has 2 heterocycles. The van der Waals surface area contributed by atoms with Gasteiger partial charge in [-0.2, -0.15) is 4.31 Å². The Hall–Kier alpha value is -2.97. The molecule has 1 fully saturated rings. The van der Waals surface area contributed by atoms with Crippen LogP contribution in [0.15, 0.2) is 59.5 Å². The maximum absolute atomic E-state index is 13.1. The first-order valence-corrected chi connectivity index (χ1v) is 11.6. The molecular weight excluding hydrogens is 412 g/mol. The predicted molar refractivity (Wildman–Crippen MR) is 121 cm³/mol. The quantitative estimate of drug-likeness (QED) is 0.609. The standard InChI is InChI=1S/C23H26N4O3S/c1-17-4-10-22(18(2)16-17)31(28,29)27-14-12-26(13-15-27)23-11-9-21(24-25-23)19-5-7-20(30-3)8-6-19/h4-11,16H,12-15H2,1-3H3. The molecule has 7 nitrogen and oxygen atoms in total. The molecule has 1 aromatic heterocycles. The van der Waals surface area contributed by atoms with Crippen molar-refractivity contribution >= 4 is 15.8 Å². The molecule has 1 aliphatic heterocycles. The van der Waals surface area contributed by atoms with Crippen molar-refractivity contribution in [3.63, 3.8) is 0 Å². The van der Waals surface area contributed by atoms with Crippen LogP contribution in [0.5, 0.6) is 5.75 Å². The molecule has 2 aromatic carbocycles.